The van der Waals surface area contributed by atoms with Crippen LogP contribution in [0.25, 0.3) is 0 Å². The molecular weight excluding hydrogens is 324 g/mol. The standard InChI is InChI=1S/C15H13ClN2O3S/c16-7-3-9-22-14-6-5-11(18(20)21)10-12(14)15(19)13-4-1-2-8-17-13/h1-2,4-6,8,10H,3,7,9H2. The van der Waals surface area contributed by atoms with Crippen LogP contribution in [-0.2, 0) is 0 Å². The minimum absolute atomic E-state index is 0.110. The number of aromatic nitrogens is 1. The summed E-state index contributed by atoms with van der Waals surface area (Å²) in [6, 6.07) is 9.32. The highest BCUT2D eigenvalue weighted by atomic mass is 35.5. The number of rotatable bonds is 7. The molecule has 0 unspecified atom stereocenters. The Morgan fingerprint density at radius 3 is 2.77 bits per heavy atom. The number of halogens is 1. The lowest BCUT2D eigenvalue weighted by atomic mass is 10.1. The number of benzene rings is 1. The van der Waals surface area contributed by atoms with Crippen LogP contribution in [0.15, 0.2) is 47.5 Å². The van der Waals surface area contributed by atoms with E-state index in [0.29, 0.717) is 16.3 Å². The van der Waals surface area contributed by atoms with Crippen molar-refractivity contribution in [3.05, 3.63) is 64.0 Å². The van der Waals surface area contributed by atoms with E-state index >= 15 is 0 Å². The monoisotopic (exact) mass is 336 g/mol. The molecular formula is C15H13ClN2O3S. The summed E-state index contributed by atoms with van der Waals surface area (Å²) in [7, 11) is 0. The minimum Gasteiger partial charge on any atom is -0.287 e. The zero-order valence-corrected chi connectivity index (χ0v) is 13.1. The first kappa shape index (κ1) is 16.5. The molecule has 0 amide bonds. The van der Waals surface area contributed by atoms with Crippen LogP contribution in [0.2, 0.25) is 0 Å². The van der Waals surface area contributed by atoms with Crippen molar-refractivity contribution >= 4 is 34.8 Å². The lowest BCUT2D eigenvalue weighted by Gasteiger charge is -2.08. The third-order valence-corrected chi connectivity index (χ3v) is 4.28. The van der Waals surface area contributed by atoms with E-state index in [-0.39, 0.29) is 17.2 Å². The van der Waals surface area contributed by atoms with Gasteiger partial charge in [0.15, 0.2) is 0 Å². The summed E-state index contributed by atoms with van der Waals surface area (Å²) >= 11 is 7.11. The Morgan fingerprint density at radius 2 is 2.14 bits per heavy atom. The highest BCUT2D eigenvalue weighted by molar-refractivity contribution is 7.99. The number of carbonyl (C=O) groups excluding carboxylic acids is 1. The van der Waals surface area contributed by atoms with Gasteiger partial charge in [-0.1, -0.05) is 6.07 Å². The SMILES string of the molecule is O=C(c1ccccn1)c1cc([N+](=O)[O-])ccc1SCCCCl. The maximum absolute atomic E-state index is 12.6. The molecule has 1 aromatic carbocycles. The van der Waals surface area contributed by atoms with Crippen molar-refractivity contribution in [1.29, 1.82) is 0 Å². The molecule has 2 rings (SSSR count). The molecule has 0 N–H and O–H groups in total. The second-order valence-corrected chi connectivity index (χ2v) is 5.89. The van der Waals surface area contributed by atoms with Gasteiger partial charge >= 0.3 is 0 Å². The second-order valence-electron chi connectivity index (χ2n) is 4.37. The van der Waals surface area contributed by atoms with Crippen LogP contribution in [0.4, 0.5) is 5.69 Å². The second kappa shape index (κ2) is 7.91. The summed E-state index contributed by atoms with van der Waals surface area (Å²) < 4.78 is 0. The first-order valence-corrected chi connectivity index (χ1v) is 8.08. The van der Waals surface area contributed by atoms with Crippen LogP contribution in [-0.4, -0.2) is 27.3 Å². The molecule has 0 atom stereocenters. The van der Waals surface area contributed by atoms with Crippen LogP contribution in [0.1, 0.15) is 22.5 Å². The normalized spacial score (nSPS) is 10.4. The molecule has 0 aliphatic heterocycles. The van der Waals surface area contributed by atoms with Crippen molar-refractivity contribution in [2.45, 2.75) is 11.3 Å². The molecule has 1 heterocycles. The number of ketones is 1. The highest BCUT2D eigenvalue weighted by Gasteiger charge is 2.19. The molecule has 0 aliphatic carbocycles. The van der Waals surface area contributed by atoms with E-state index in [4.69, 9.17) is 11.6 Å². The number of non-ortho nitro benzene ring substituents is 1. The molecule has 0 bridgehead atoms. The average Bonchev–Trinajstić information content (AvgIpc) is 2.55. The smallest absolute Gasteiger partial charge is 0.270 e. The predicted octanol–water partition coefficient (Wildman–Crippen LogP) is 3.94. The van der Waals surface area contributed by atoms with E-state index in [2.05, 4.69) is 4.98 Å². The van der Waals surface area contributed by atoms with E-state index < -0.39 is 4.92 Å². The maximum Gasteiger partial charge on any atom is 0.270 e. The molecule has 0 saturated heterocycles. The molecule has 5 nitrogen and oxygen atoms in total. The lowest BCUT2D eigenvalue weighted by molar-refractivity contribution is -0.384. The summed E-state index contributed by atoms with van der Waals surface area (Å²) in [6.07, 6.45) is 2.31. The number of carbonyl (C=O) groups is 1. The predicted molar refractivity (Wildman–Crippen MR) is 86.8 cm³/mol. The van der Waals surface area contributed by atoms with Crippen LogP contribution in [0.5, 0.6) is 0 Å². The number of nitro benzene ring substituents is 1. The molecule has 0 aliphatic rings. The number of nitro groups is 1. The fourth-order valence-corrected chi connectivity index (χ4v) is 3.08. The topological polar surface area (TPSA) is 73.1 Å². The van der Waals surface area contributed by atoms with Crippen molar-refractivity contribution < 1.29 is 9.72 Å². The molecule has 0 radical (unpaired) electrons. The fourth-order valence-electron chi connectivity index (χ4n) is 1.81. The Bertz CT molecular complexity index is 680. The summed E-state index contributed by atoms with van der Waals surface area (Å²) in [5, 5.41) is 10.9. The molecule has 0 spiro atoms. The van der Waals surface area contributed by atoms with Gasteiger partial charge in [-0.05, 0) is 30.4 Å². The number of alkyl halides is 1. The van der Waals surface area contributed by atoms with E-state index in [0.717, 1.165) is 12.2 Å². The first-order chi connectivity index (χ1) is 10.6. The first-order valence-electron chi connectivity index (χ1n) is 6.56. The van der Waals surface area contributed by atoms with Gasteiger partial charge in [-0.25, -0.2) is 0 Å². The molecule has 2 aromatic rings. The van der Waals surface area contributed by atoms with E-state index in [9.17, 15) is 14.9 Å². The quantitative estimate of drug-likeness (QED) is 0.191. The van der Waals surface area contributed by atoms with Gasteiger partial charge in [-0.2, -0.15) is 0 Å². The largest absolute Gasteiger partial charge is 0.287 e. The summed E-state index contributed by atoms with van der Waals surface area (Å²) in [4.78, 5) is 27.7. The molecule has 0 saturated carbocycles. The average molecular weight is 337 g/mol. The van der Waals surface area contributed by atoms with Crippen molar-refractivity contribution in [2.24, 2.45) is 0 Å². The van der Waals surface area contributed by atoms with Crippen molar-refractivity contribution in [3.63, 3.8) is 0 Å². The Labute approximate surface area is 136 Å². The lowest BCUT2D eigenvalue weighted by Crippen LogP contribution is -2.06. The summed E-state index contributed by atoms with van der Waals surface area (Å²) in [5.41, 5.74) is 0.454. The number of hydrogen-bond donors (Lipinski definition) is 0. The van der Waals surface area contributed by atoms with Gasteiger partial charge in [0, 0.05) is 34.7 Å². The van der Waals surface area contributed by atoms with Gasteiger partial charge in [0.05, 0.1) is 4.92 Å². The van der Waals surface area contributed by atoms with Crippen LogP contribution in [0, 0.1) is 10.1 Å². The van der Waals surface area contributed by atoms with Gasteiger partial charge < -0.3 is 0 Å². The zero-order valence-electron chi connectivity index (χ0n) is 11.6. The maximum atomic E-state index is 12.6. The van der Waals surface area contributed by atoms with Gasteiger partial charge in [-0.15, -0.1) is 23.4 Å². The van der Waals surface area contributed by atoms with Gasteiger partial charge in [0.25, 0.3) is 5.69 Å². The van der Waals surface area contributed by atoms with E-state index in [1.54, 1.807) is 24.3 Å². The summed E-state index contributed by atoms with van der Waals surface area (Å²) in [5.74, 6) is 0.950. The Kier molecular flexibility index (Phi) is 5.91. The molecule has 1 aromatic heterocycles. The van der Waals surface area contributed by atoms with Gasteiger partial charge in [0.1, 0.15) is 5.69 Å². The third-order valence-electron chi connectivity index (χ3n) is 2.85. The van der Waals surface area contributed by atoms with E-state index in [1.807, 2.05) is 0 Å². The number of pyridine rings is 1. The minimum atomic E-state index is -0.511. The number of thioether (sulfide) groups is 1. The zero-order chi connectivity index (χ0) is 15.9. The number of nitrogens with zero attached hydrogens (tertiary/aromatic N) is 2. The molecule has 22 heavy (non-hydrogen) atoms. The van der Waals surface area contributed by atoms with Crippen molar-refractivity contribution in [2.75, 3.05) is 11.6 Å². The van der Waals surface area contributed by atoms with Crippen molar-refractivity contribution in [3.8, 4) is 0 Å². The molecule has 0 fully saturated rings. The van der Waals surface area contributed by atoms with E-state index in [1.165, 1.54) is 30.1 Å². The van der Waals surface area contributed by atoms with Crippen LogP contribution in [0.3, 0.4) is 0 Å². The van der Waals surface area contributed by atoms with Crippen LogP contribution >= 0.6 is 23.4 Å². The highest BCUT2D eigenvalue weighted by Crippen LogP contribution is 2.28. The Morgan fingerprint density at radius 1 is 1.32 bits per heavy atom. The number of hydrogen-bond acceptors (Lipinski definition) is 5. The van der Waals surface area contributed by atoms with Crippen molar-refractivity contribution in [1.82, 2.24) is 4.98 Å². The summed E-state index contributed by atoms with van der Waals surface area (Å²) in [6.45, 7) is 0. The third kappa shape index (κ3) is 4.05. The van der Waals surface area contributed by atoms with Gasteiger partial charge in [-0.3, -0.25) is 19.9 Å². The molecule has 114 valence electrons. The fraction of sp³-hybridized carbons (Fsp3) is 0.200. The molecule has 7 heteroatoms. The van der Waals surface area contributed by atoms with Gasteiger partial charge in [0.2, 0.25) is 5.78 Å². The Hall–Kier alpha value is -1.92. The van der Waals surface area contributed by atoms with Crippen LogP contribution < -0.4 is 0 Å². The Balaban J connectivity index is 2.38.